The smallest absolute Gasteiger partial charge is 0.0786 e. The van der Waals surface area contributed by atoms with Crippen LogP contribution in [0.3, 0.4) is 0 Å². The molecule has 5 heteroatoms. The third-order valence-corrected chi connectivity index (χ3v) is 3.12. The van der Waals surface area contributed by atoms with Gasteiger partial charge in [0.05, 0.1) is 28.6 Å². The molecule has 2 rings (SSSR count). The minimum Gasteiger partial charge on any atom is -0.378 e. The predicted molar refractivity (Wildman–Crippen MR) is 76.3 cm³/mol. The van der Waals surface area contributed by atoms with E-state index in [1.807, 2.05) is 55.0 Å². The molecule has 0 radical (unpaired) electrons. The molecule has 0 amide bonds. The number of hydrogen-bond acceptors (Lipinski definition) is 3. The molecule has 0 saturated carbocycles. The summed E-state index contributed by atoms with van der Waals surface area (Å²) >= 11 is 6.22. The molecular weight excluding hydrogens is 248 g/mol. The minimum absolute atomic E-state index is 0.720. The Morgan fingerprint density at radius 1 is 1.33 bits per heavy atom. The van der Waals surface area contributed by atoms with E-state index in [4.69, 9.17) is 11.6 Å². The monoisotopic (exact) mass is 264 g/mol. The Morgan fingerprint density at radius 2 is 2.11 bits per heavy atom. The van der Waals surface area contributed by atoms with Crippen molar-refractivity contribution in [2.24, 2.45) is 7.05 Å². The van der Waals surface area contributed by atoms with Crippen LogP contribution in [-0.2, 0) is 13.6 Å². The van der Waals surface area contributed by atoms with Gasteiger partial charge >= 0.3 is 0 Å². The molecule has 96 valence electrons. The maximum Gasteiger partial charge on any atom is 0.0786 e. The van der Waals surface area contributed by atoms with Crippen molar-refractivity contribution >= 4 is 23.0 Å². The summed E-state index contributed by atoms with van der Waals surface area (Å²) in [6.07, 6.45) is 1.79. The third-order valence-electron chi connectivity index (χ3n) is 2.82. The Bertz CT molecular complexity index is 534. The number of rotatable bonds is 4. The van der Waals surface area contributed by atoms with Gasteiger partial charge in [-0.15, -0.1) is 0 Å². The summed E-state index contributed by atoms with van der Waals surface area (Å²) in [5.74, 6) is 0. The van der Waals surface area contributed by atoms with Gasteiger partial charge in [0.15, 0.2) is 0 Å². The standard InChI is InChI=1S/C13H17ClN4/c1-17(2)13-11(14)5-4-6-12(13)15-9-10-7-8-16-18(10)3/h4-8,15H,9H2,1-3H3. The van der Waals surface area contributed by atoms with E-state index < -0.39 is 0 Å². The van der Waals surface area contributed by atoms with Crippen LogP contribution in [0.25, 0.3) is 0 Å². The van der Waals surface area contributed by atoms with Crippen molar-refractivity contribution in [2.75, 3.05) is 24.3 Å². The second kappa shape index (κ2) is 5.31. The number of nitrogens with zero attached hydrogens (tertiary/aromatic N) is 3. The Labute approximate surface area is 112 Å². The van der Waals surface area contributed by atoms with E-state index in [0.29, 0.717) is 0 Å². The molecule has 1 heterocycles. The molecule has 0 spiro atoms. The van der Waals surface area contributed by atoms with E-state index in [9.17, 15) is 0 Å². The summed E-state index contributed by atoms with van der Waals surface area (Å²) in [6.45, 7) is 0.720. The number of nitrogens with one attached hydrogen (secondary N) is 1. The number of anilines is 2. The molecule has 0 fully saturated rings. The minimum atomic E-state index is 0.720. The van der Waals surface area contributed by atoms with Crippen molar-refractivity contribution in [3.05, 3.63) is 41.2 Å². The SMILES string of the molecule is CN(C)c1c(Cl)cccc1NCc1ccnn1C. The first-order valence-electron chi connectivity index (χ1n) is 5.76. The number of aryl methyl sites for hydroxylation is 1. The molecule has 1 N–H and O–H groups in total. The molecule has 1 aromatic carbocycles. The summed E-state index contributed by atoms with van der Waals surface area (Å²) in [6, 6.07) is 7.86. The fourth-order valence-electron chi connectivity index (χ4n) is 1.87. The van der Waals surface area contributed by atoms with E-state index in [0.717, 1.165) is 28.6 Å². The first-order valence-corrected chi connectivity index (χ1v) is 6.14. The second-order valence-electron chi connectivity index (χ2n) is 4.33. The maximum atomic E-state index is 6.22. The molecule has 2 aromatic rings. The van der Waals surface area contributed by atoms with Crippen molar-refractivity contribution in [1.29, 1.82) is 0 Å². The van der Waals surface area contributed by atoms with Crippen LogP contribution < -0.4 is 10.2 Å². The fraction of sp³-hybridized carbons (Fsp3) is 0.308. The average molecular weight is 265 g/mol. The van der Waals surface area contributed by atoms with E-state index in [1.165, 1.54) is 0 Å². The Morgan fingerprint density at radius 3 is 2.72 bits per heavy atom. The Hall–Kier alpha value is -1.68. The zero-order valence-electron chi connectivity index (χ0n) is 10.8. The normalized spacial score (nSPS) is 10.4. The predicted octanol–water partition coefficient (Wildman–Crippen LogP) is 2.75. The molecule has 4 nitrogen and oxygen atoms in total. The summed E-state index contributed by atoms with van der Waals surface area (Å²) in [5.41, 5.74) is 3.15. The van der Waals surface area contributed by atoms with Gasteiger partial charge in [-0.3, -0.25) is 4.68 Å². The van der Waals surface area contributed by atoms with E-state index in [-0.39, 0.29) is 0 Å². The van der Waals surface area contributed by atoms with Crippen LogP contribution in [0.2, 0.25) is 5.02 Å². The molecule has 0 atom stereocenters. The number of para-hydroxylation sites is 1. The summed E-state index contributed by atoms with van der Waals surface area (Å²) in [4.78, 5) is 2.01. The van der Waals surface area contributed by atoms with E-state index >= 15 is 0 Å². The van der Waals surface area contributed by atoms with Gasteiger partial charge in [-0.05, 0) is 18.2 Å². The first-order chi connectivity index (χ1) is 8.59. The second-order valence-corrected chi connectivity index (χ2v) is 4.74. The lowest BCUT2D eigenvalue weighted by molar-refractivity contribution is 0.720. The lowest BCUT2D eigenvalue weighted by Crippen LogP contribution is -2.13. The van der Waals surface area contributed by atoms with Gasteiger partial charge in [0.25, 0.3) is 0 Å². The highest BCUT2D eigenvalue weighted by atomic mass is 35.5. The van der Waals surface area contributed by atoms with Crippen molar-refractivity contribution < 1.29 is 0 Å². The molecule has 1 aromatic heterocycles. The van der Waals surface area contributed by atoms with Crippen molar-refractivity contribution in [3.63, 3.8) is 0 Å². The molecular formula is C13H17ClN4. The molecule has 18 heavy (non-hydrogen) atoms. The van der Waals surface area contributed by atoms with Crippen LogP contribution in [0.4, 0.5) is 11.4 Å². The zero-order chi connectivity index (χ0) is 13.1. The number of hydrogen-bond donors (Lipinski definition) is 1. The maximum absolute atomic E-state index is 6.22. The van der Waals surface area contributed by atoms with Gasteiger partial charge in [-0.25, -0.2) is 0 Å². The number of aromatic nitrogens is 2. The molecule has 0 bridgehead atoms. The lowest BCUT2D eigenvalue weighted by atomic mass is 10.2. The first kappa shape index (κ1) is 12.8. The van der Waals surface area contributed by atoms with Crippen molar-refractivity contribution in [3.8, 4) is 0 Å². The highest BCUT2D eigenvalue weighted by Gasteiger charge is 2.09. The topological polar surface area (TPSA) is 33.1 Å². The average Bonchev–Trinajstić information content (AvgIpc) is 2.71. The van der Waals surface area contributed by atoms with Crippen molar-refractivity contribution in [1.82, 2.24) is 9.78 Å². The fourth-order valence-corrected chi connectivity index (χ4v) is 2.22. The van der Waals surface area contributed by atoms with Crippen LogP contribution in [0.1, 0.15) is 5.69 Å². The third kappa shape index (κ3) is 2.59. The van der Waals surface area contributed by atoms with Crippen molar-refractivity contribution in [2.45, 2.75) is 6.54 Å². The number of halogens is 1. The van der Waals surface area contributed by atoms with E-state index in [2.05, 4.69) is 10.4 Å². The highest BCUT2D eigenvalue weighted by molar-refractivity contribution is 6.34. The summed E-state index contributed by atoms with van der Waals surface area (Å²) < 4.78 is 1.85. The van der Waals surface area contributed by atoms with Gasteiger partial charge in [0, 0.05) is 27.3 Å². The van der Waals surface area contributed by atoms with Crippen LogP contribution in [-0.4, -0.2) is 23.9 Å². The van der Waals surface area contributed by atoms with Gasteiger partial charge in [0.2, 0.25) is 0 Å². The van der Waals surface area contributed by atoms with Gasteiger partial charge in [0.1, 0.15) is 0 Å². The summed E-state index contributed by atoms with van der Waals surface area (Å²) in [5, 5.41) is 8.28. The summed E-state index contributed by atoms with van der Waals surface area (Å²) in [7, 11) is 5.90. The highest BCUT2D eigenvalue weighted by Crippen LogP contribution is 2.32. The van der Waals surface area contributed by atoms with Crippen LogP contribution in [0, 0.1) is 0 Å². The van der Waals surface area contributed by atoms with Crippen LogP contribution in [0.5, 0.6) is 0 Å². The molecule has 0 aliphatic carbocycles. The van der Waals surface area contributed by atoms with Gasteiger partial charge in [-0.2, -0.15) is 5.10 Å². The molecule has 0 saturated heterocycles. The zero-order valence-corrected chi connectivity index (χ0v) is 11.6. The largest absolute Gasteiger partial charge is 0.378 e. The van der Waals surface area contributed by atoms with Crippen LogP contribution in [0.15, 0.2) is 30.5 Å². The molecule has 0 aliphatic rings. The molecule has 0 aliphatic heterocycles. The quantitative estimate of drug-likeness (QED) is 0.922. The van der Waals surface area contributed by atoms with Gasteiger partial charge in [-0.1, -0.05) is 17.7 Å². The molecule has 0 unspecified atom stereocenters. The van der Waals surface area contributed by atoms with E-state index in [1.54, 1.807) is 6.20 Å². The Balaban J connectivity index is 2.19. The van der Waals surface area contributed by atoms with Crippen LogP contribution >= 0.6 is 11.6 Å². The lowest BCUT2D eigenvalue weighted by Gasteiger charge is -2.20. The number of benzene rings is 1. The Kier molecular flexibility index (Phi) is 3.77. The van der Waals surface area contributed by atoms with Gasteiger partial charge < -0.3 is 10.2 Å².